The van der Waals surface area contributed by atoms with E-state index in [0.717, 1.165) is 0 Å². The Morgan fingerprint density at radius 3 is 2.43 bits per heavy atom. The van der Waals surface area contributed by atoms with Crippen molar-refractivity contribution >= 4 is 12.1 Å². The number of hydrogen-bond donors (Lipinski definition) is 0. The van der Waals surface area contributed by atoms with Crippen molar-refractivity contribution in [3.05, 3.63) is 42.5 Å². The van der Waals surface area contributed by atoms with E-state index < -0.39 is 17.7 Å². The largest absolute Gasteiger partial charge is 0.464 e. The van der Waals surface area contributed by atoms with E-state index in [2.05, 4.69) is 9.72 Å². The summed E-state index contributed by atoms with van der Waals surface area (Å²) in [5, 5.41) is 0. The van der Waals surface area contributed by atoms with Crippen LogP contribution in [0, 0.1) is 0 Å². The van der Waals surface area contributed by atoms with E-state index >= 15 is 0 Å². The van der Waals surface area contributed by atoms with Crippen LogP contribution in [0.3, 0.4) is 0 Å². The van der Waals surface area contributed by atoms with Gasteiger partial charge in [-0.2, -0.15) is 0 Å². The number of esters is 1. The van der Waals surface area contributed by atoms with Crippen LogP contribution in [0.4, 0.5) is 4.79 Å². The van der Waals surface area contributed by atoms with Crippen molar-refractivity contribution in [3.63, 3.8) is 0 Å². The van der Waals surface area contributed by atoms with E-state index in [-0.39, 0.29) is 5.69 Å². The fourth-order valence-electron chi connectivity index (χ4n) is 1.67. The Kier molecular flexibility index (Phi) is 4.68. The van der Waals surface area contributed by atoms with Crippen molar-refractivity contribution < 1.29 is 23.8 Å². The summed E-state index contributed by atoms with van der Waals surface area (Å²) >= 11 is 0. The molecule has 2 aromatic rings. The first-order valence-electron chi connectivity index (χ1n) is 6.92. The van der Waals surface area contributed by atoms with Crippen molar-refractivity contribution in [2.75, 3.05) is 7.11 Å². The van der Waals surface area contributed by atoms with Crippen molar-refractivity contribution in [1.82, 2.24) is 9.55 Å². The van der Waals surface area contributed by atoms with Gasteiger partial charge in [-0.1, -0.05) is 0 Å². The van der Waals surface area contributed by atoms with Crippen LogP contribution in [0.25, 0.3) is 0 Å². The zero-order valence-electron chi connectivity index (χ0n) is 13.4. The van der Waals surface area contributed by atoms with E-state index in [1.807, 2.05) is 0 Å². The Morgan fingerprint density at radius 1 is 1.13 bits per heavy atom. The second-order valence-electron chi connectivity index (χ2n) is 5.71. The molecule has 7 nitrogen and oxygen atoms in total. The van der Waals surface area contributed by atoms with Gasteiger partial charge in [0.05, 0.1) is 19.5 Å². The van der Waals surface area contributed by atoms with Crippen LogP contribution in [-0.2, 0) is 9.47 Å². The summed E-state index contributed by atoms with van der Waals surface area (Å²) < 4.78 is 16.7. The molecule has 2 heterocycles. The molecule has 0 amide bonds. The molecule has 0 aromatic carbocycles. The molecule has 0 radical (unpaired) electrons. The molecule has 0 aliphatic rings. The average Bonchev–Trinajstić information content (AvgIpc) is 2.94. The van der Waals surface area contributed by atoms with Gasteiger partial charge in [-0.05, 0) is 39.0 Å². The second-order valence-corrected chi connectivity index (χ2v) is 5.71. The molecule has 122 valence electrons. The fourth-order valence-corrected chi connectivity index (χ4v) is 1.67. The van der Waals surface area contributed by atoms with Crippen molar-refractivity contribution in [2.24, 2.45) is 0 Å². The standard InChI is InChI=1S/C16H18N2O5/c1-16(2,3)23-15(20)18-8-7-12(10-18)22-11-5-6-13(17-9-11)14(19)21-4/h5-10H,1-4H3. The second kappa shape index (κ2) is 6.51. The first-order chi connectivity index (χ1) is 10.8. The van der Waals surface area contributed by atoms with Gasteiger partial charge in [-0.25, -0.2) is 14.6 Å². The number of pyridine rings is 1. The van der Waals surface area contributed by atoms with Gasteiger partial charge in [0.1, 0.15) is 22.8 Å². The highest BCUT2D eigenvalue weighted by molar-refractivity contribution is 5.87. The molecule has 2 aromatic heterocycles. The number of hydrogen-bond acceptors (Lipinski definition) is 6. The van der Waals surface area contributed by atoms with E-state index in [1.165, 1.54) is 30.1 Å². The molecule has 0 unspecified atom stereocenters. The summed E-state index contributed by atoms with van der Waals surface area (Å²) in [7, 11) is 1.29. The number of rotatable bonds is 3. The van der Waals surface area contributed by atoms with Gasteiger partial charge < -0.3 is 14.2 Å². The van der Waals surface area contributed by atoms with Crippen LogP contribution in [0.2, 0.25) is 0 Å². The van der Waals surface area contributed by atoms with Gasteiger partial charge in [0, 0.05) is 6.20 Å². The Hall–Kier alpha value is -2.83. The third-order valence-electron chi connectivity index (χ3n) is 2.64. The minimum atomic E-state index is -0.573. The number of carbonyl (C=O) groups is 2. The monoisotopic (exact) mass is 318 g/mol. The Bertz CT molecular complexity index is 698. The van der Waals surface area contributed by atoms with Gasteiger partial charge in [0.25, 0.3) is 0 Å². The zero-order chi connectivity index (χ0) is 17.0. The van der Waals surface area contributed by atoms with Crippen LogP contribution < -0.4 is 4.74 Å². The molecular formula is C16H18N2O5. The maximum Gasteiger partial charge on any atom is 0.418 e. The van der Waals surface area contributed by atoms with E-state index in [4.69, 9.17) is 9.47 Å². The summed E-state index contributed by atoms with van der Waals surface area (Å²) in [6.45, 7) is 5.38. The highest BCUT2D eigenvalue weighted by Crippen LogP contribution is 2.21. The quantitative estimate of drug-likeness (QED) is 0.808. The molecule has 0 spiro atoms. The van der Waals surface area contributed by atoms with Crippen LogP contribution >= 0.6 is 0 Å². The van der Waals surface area contributed by atoms with Gasteiger partial charge in [-0.15, -0.1) is 0 Å². The van der Waals surface area contributed by atoms with Crippen molar-refractivity contribution in [3.8, 4) is 11.5 Å². The van der Waals surface area contributed by atoms with Crippen LogP contribution in [0.1, 0.15) is 31.3 Å². The number of methoxy groups -OCH3 is 1. The summed E-state index contributed by atoms with van der Waals surface area (Å²) in [6, 6.07) is 4.70. The molecule has 2 rings (SSSR count). The molecule has 0 atom stereocenters. The first-order valence-corrected chi connectivity index (χ1v) is 6.92. The summed E-state index contributed by atoms with van der Waals surface area (Å²) in [5.41, 5.74) is -0.387. The summed E-state index contributed by atoms with van der Waals surface area (Å²) in [5.74, 6) is 0.357. The molecule has 0 saturated carbocycles. The Labute approximate surface area is 133 Å². The van der Waals surface area contributed by atoms with Gasteiger partial charge in [0.15, 0.2) is 0 Å². The third-order valence-corrected chi connectivity index (χ3v) is 2.64. The third kappa shape index (κ3) is 4.57. The summed E-state index contributed by atoms with van der Waals surface area (Å²) in [4.78, 5) is 27.1. The molecule has 7 heteroatoms. The fraction of sp³-hybridized carbons (Fsp3) is 0.312. The topological polar surface area (TPSA) is 79.7 Å². The molecule has 0 fully saturated rings. The lowest BCUT2D eigenvalue weighted by atomic mass is 10.2. The lowest BCUT2D eigenvalue weighted by Crippen LogP contribution is -2.26. The average molecular weight is 318 g/mol. The lowest BCUT2D eigenvalue weighted by molar-refractivity contribution is 0.0535. The number of ether oxygens (including phenoxy) is 3. The van der Waals surface area contributed by atoms with Crippen molar-refractivity contribution in [2.45, 2.75) is 26.4 Å². The zero-order valence-corrected chi connectivity index (χ0v) is 13.4. The minimum Gasteiger partial charge on any atom is -0.464 e. The molecule has 23 heavy (non-hydrogen) atoms. The Morgan fingerprint density at radius 2 is 1.87 bits per heavy atom. The molecule has 0 saturated heterocycles. The van der Waals surface area contributed by atoms with Gasteiger partial charge in [0.2, 0.25) is 0 Å². The van der Waals surface area contributed by atoms with E-state index in [1.54, 1.807) is 39.1 Å². The highest BCUT2D eigenvalue weighted by atomic mass is 16.6. The normalized spacial score (nSPS) is 11.0. The maximum atomic E-state index is 11.9. The molecule has 0 bridgehead atoms. The molecule has 0 aliphatic heterocycles. The SMILES string of the molecule is COC(=O)c1ccc(Oc2ccn(C(=O)OC(C)(C)C)c2)cn1. The maximum absolute atomic E-state index is 11.9. The van der Waals surface area contributed by atoms with Crippen LogP contribution in [0.5, 0.6) is 11.5 Å². The molecule has 0 aliphatic carbocycles. The predicted octanol–water partition coefficient (Wildman–Crippen LogP) is 3.25. The van der Waals surface area contributed by atoms with Crippen molar-refractivity contribution in [1.29, 1.82) is 0 Å². The molecule has 0 N–H and O–H groups in total. The van der Waals surface area contributed by atoms with Crippen LogP contribution in [-0.4, -0.2) is 34.3 Å². The predicted molar refractivity (Wildman–Crippen MR) is 81.7 cm³/mol. The number of aromatic nitrogens is 2. The minimum absolute atomic E-state index is 0.186. The molecular weight excluding hydrogens is 300 g/mol. The van der Waals surface area contributed by atoms with E-state index in [9.17, 15) is 9.59 Å². The first kappa shape index (κ1) is 16.5. The lowest BCUT2D eigenvalue weighted by Gasteiger charge is -2.19. The van der Waals surface area contributed by atoms with Crippen LogP contribution in [0.15, 0.2) is 36.8 Å². The number of carbonyl (C=O) groups excluding carboxylic acids is 2. The smallest absolute Gasteiger partial charge is 0.418 e. The van der Waals surface area contributed by atoms with E-state index in [0.29, 0.717) is 11.5 Å². The highest BCUT2D eigenvalue weighted by Gasteiger charge is 2.18. The van der Waals surface area contributed by atoms with Gasteiger partial charge >= 0.3 is 12.1 Å². The van der Waals surface area contributed by atoms with Gasteiger partial charge in [-0.3, -0.25) is 4.57 Å². The summed E-state index contributed by atoms with van der Waals surface area (Å²) in [6.07, 6.45) is 3.95. The Balaban J connectivity index is 2.04. The number of nitrogens with zero attached hydrogens (tertiary/aromatic N) is 2.